The molecule has 78 valence electrons. The standard InChI is InChI=1S/C9H14N2O2S/c1-7(2)14(12,13)11-9-5-4-8(3)10-6-9/h4-7,11H,1-3H3. The summed E-state index contributed by atoms with van der Waals surface area (Å²) in [5.41, 5.74) is 1.36. The van der Waals surface area contributed by atoms with Crippen molar-refractivity contribution in [3.63, 3.8) is 0 Å². The van der Waals surface area contributed by atoms with Crippen LogP contribution in [0.4, 0.5) is 5.69 Å². The Morgan fingerprint density at radius 2 is 2.00 bits per heavy atom. The lowest BCUT2D eigenvalue weighted by atomic mass is 10.4. The predicted octanol–water partition coefficient (Wildman–Crippen LogP) is 1.54. The van der Waals surface area contributed by atoms with Crippen LogP contribution in [0.5, 0.6) is 0 Å². The number of hydrogen-bond donors (Lipinski definition) is 1. The highest BCUT2D eigenvalue weighted by Gasteiger charge is 2.15. The van der Waals surface area contributed by atoms with E-state index in [1.54, 1.807) is 26.0 Å². The lowest BCUT2D eigenvalue weighted by Gasteiger charge is -2.10. The quantitative estimate of drug-likeness (QED) is 0.830. The average Bonchev–Trinajstić information content (AvgIpc) is 2.08. The van der Waals surface area contributed by atoms with Crippen molar-refractivity contribution in [2.75, 3.05) is 4.72 Å². The molecule has 1 heterocycles. The molecule has 0 amide bonds. The summed E-state index contributed by atoms with van der Waals surface area (Å²) < 4.78 is 25.3. The summed E-state index contributed by atoms with van der Waals surface area (Å²) in [6.07, 6.45) is 1.51. The van der Waals surface area contributed by atoms with Gasteiger partial charge in [0, 0.05) is 5.69 Å². The number of nitrogens with one attached hydrogen (secondary N) is 1. The summed E-state index contributed by atoms with van der Waals surface area (Å²) >= 11 is 0. The van der Waals surface area contributed by atoms with Crippen LogP contribution in [0.1, 0.15) is 19.5 Å². The van der Waals surface area contributed by atoms with Crippen molar-refractivity contribution in [3.8, 4) is 0 Å². The maximum Gasteiger partial charge on any atom is 0.235 e. The van der Waals surface area contributed by atoms with E-state index in [1.807, 2.05) is 6.92 Å². The Labute approximate surface area is 84.4 Å². The molecular formula is C9H14N2O2S. The van der Waals surface area contributed by atoms with Crippen molar-refractivity contribution in [2.24, 2.45) is 0 Å². The highest BCUT2D eigenvalue weighted by Crippen LogP contribution is 2.10. The number of aryl methyl sites for hydroxylation is 1. The number of pyridine rings is 1. The highest BCUT2D eigenvalue weighted by molar-refractivity contribution is 7.93. The summed E-state index contributed by atoms with van der Waals surface area (Å²) in [5.74, 6) is 0. The molecule has 0 unspecified atom stereocenters. The second-order valence-electron chi connectivity index (χ2n) is 3.38. The van der Waals surface area contributed by atoms with E-state index >= 15 is 0 Å². The van der Waals surface area contributed by atoms with Crippen LogP contribution in [0.2, 0.25) is 0 Å². The Morgan fingerprint density at radius 3 is 2.43 bits per heavy atom. The molecule has 1 N–H and O–H groups in total. The number of nitrogens with zero attached hydrogens (tertiary/aromatic N) is 1. The van der Waals surface area contributed by atoms with Gasteiger partial charge in [0.05, 0.1) is 17.1 Å². The van der Waals surface area contributed by atoms with Crippen molar-refractivity contribution in [1.29, 1.82) is 0 Å². The van der Waals surface area contributed by atoms with Crippen LogP contribution in [0.25, 0.3) is 0 Å². The molecule has 0 fully saturated rings. The average molecular weight is 214 g/mol. The van der Waals surface area contributed by atoms with Crippen molar-refractivity contribution in [3.05, 3.63) is 24.0 Å². The minimum absolute atomic E-state index is 0.441. The summed E-state index contributed by atoms with van der Waals surface area (Å²) in [7, 11) is -3.25. The third-order valence-corrected chi connectivity index (χ3v) is 3.55. The van der Waals surface area contributed by atoms with Crippen LogP contribution in [-0.4, -0.2) is 18.7 Å². The van der Waals surface area contributed by atoms with Crippen molar-refractivity contribution in [2.45, 2.75) is 26.0 Å². The van der Waals surface area contributed by atoms with Gasteiger partial charge in [-0.1, -0.05) is 0 Å². The molecule has 0 atom stereocenters. The first-order valence-electron chi connectivity index (χ1n) is 4.36. The second kappa shape index (κ2) is 3.96. The molecule has 0 aliphatic carbocycles. The molecule has 0 aliphatic heterocycles. The smallest absolute Gasteiger partial charge is 0.235 e. The minimum atomic E-state index is -3.25. The Kier molecular flexibility index (Phi) is 3.10. The van der Waals surface area contributed by atoms with Crippen LogP contribution < -0.4 is 4.72 Å². The van der Waals surface area contributed by atoms with Gasteiger partial charge < -0.3 is 0 Å². The van der Waals surface area contributed by atoms with Crippen LogP contribution >= 0.6 is 0 Å². The van der Waals surface area contributed by atoms with E-state index in [0.717, 1.165) is 5.69 Å². The molecule has 1 aromatic rings. The monoisotopic (exact) mass is 214 g/mol. The van der Waals surface area contributed by atoms with E-state index in [1.165, 1.54) is 6.20 Å². The van der Waals surface area contributed by atoms with Crippen LogP contribution in [0.3, 0.4) is 0 Å². The van der Waals surface area contributed by atoms with E-state index in [4.69, 9.17) is 0 Å². The fourth-order valence-corrected chi connectivity index (χ4v) is 1.50. The van der Waals surface area contributed by atoms with Gasteiger partial charge in [-0.25, -0.2) is 8.42 Å². The van der Waals surface area contributed by atoms with E-state index in [9.17, 15) is 8.42 Å². The Hall–Kier alpha value is -1.10. The number of sulfonamides is 1. The molecule has 0 aromatic carbocycles. The summed E-state index contributed by atoms with van der Waals surface area (Å²) in [6, 6.07) is 3.46. The Bertz CT molecular complexity index is 395. The van der Waals surface area contributed by atoms with Gasteiger partial charge in [0.15, 0.2) is 0 Å². The minimum Gasteiger partial charge on any atom is -0.282 e. The van der Waals surface area contributed by atoms with Crippen LogP contribution in [0.15, 0.2) is 18.3 Å². The summed E-state index contributed by atoms with van der Waals surface area (Å²) in [6.45, 7) is 5.11. The van der Waals surface area contributed by atoms with E-state index in [0.29, 0.717) is 5.69 Å². The maximum atomic E-state index is 11.4. The molecular weight excluding hydrogens is 200 g/mol. The molecule has 0 aliphatic rings. The normalized spacial score (nSPS) is 11.7. The largest absolute Gasteiger partial charge is 0.282 e. The van der Waals surface area contributed by atoms with Gasteiger partial charge in [-0.15, -0.1) is 0 Å². The van der Waals surface area contributed by atoms with Gasteiger partial charge in [0.25, 0.3) is 0 Å². The Morgan fingerprint density at radius 1 is 1.36 bits per heavy atom. The zero-order chi connectivity index (χ0) is 10.8. The molecule has 1 rings (SSSR count). The van der Waals surface area contributed by atoms with E-state index in [2.05, 4.69) is 9.71 Å². The van der Waals surface area contributed by atoms with Gasteiger partial charge in [0.1, 0.15) is 0 Å². The molecule has 0 bridgehead atoms. The van der Waals surface area contributed by atoms with Crippen molar-refractivity contribution >= 4 is 15.7 Å². The molecule has 5 heteroatoms. The molecule has 4 nitrogen and oxygen atoms in total. The van der Waals surface area contributed by atoms with Crippen LogP contribution in [-0.2, 0) is 10.0 Å². The van der Waals surface area contributed by atoms with Crippen LogP contribution in [0, 0.1) is 6.92 Å². The number of hydrogen-bond acceptors (Lipinski definition) is 3. The van der Waals surface area contributed by atoms with Crippen molar-refractivity contribution in [1.82, 2.24) is 4.98 Å². The number of rotatable bonds is 3. The number of anilines is 1. The zero-order valence-electron chi connectivity index (χ0n) is 8.48. The summed E-state index contributed by atoms with van der Waals surface area (Å²) in [4.78, 5) is 4.00. The predicted molar refractivity (Wildman–Crippen MR) is 56.7 cm³/mol. The van der Waals surface area contributed by atoms with Crippen molar-refractivity contribution < 1.29 is 8.42 Å². The lowest BCUT2D eigenvalue weighted by Crippen LogP contribution is -2.22. The fraction of sp³-hybridized carbons (Fsp3) is 0.444. The highest BCUT2D eigenvalue weighted by atomic mass is 32.2. The maximum absolute atomic E-state index is 11.4. The molecule has 0 spiro atoms. The first-order valence-corrected chi connectivity index (χ1v) is 5.91. The molecule has 14 heavy (non-hydrogen) atoms. The first kappa shape index (κ1) is 11.0. The molecule has 1 aromatic heterocycles. The van der Waals surface area contributed by atoms with E-state index in [-0.39, 0.29) is 0 Å². The molecule has 0 saturated carbocycles. The summed E-state index contributed by atoms with van der Waals surface area (Å²) in [5, 5.41) is -0.441. The second-order valence-corrected chi connectivity index (χ2v) is 5.62. The number of aromatic nitrogens is 1. The molecule has 0 saturated heterocycles. The molecule has 0 radical (unpaired) electrons. The zero-order valence-corrected chi connectivity index (χ0v) is 9.30. The van der Waals surface area contributed by atoms with Gasteiger partial charge in [0.2, 0.25) is 10.0 Å². The first-order chi connectivity index (χ1) is 6.42. The SMILES string of the molecule is Cc1ccc(NS(=O)(=O)C(C)C)cn1. The third kappa shape index (κ3) is 2.70. The fourth-order valence-electron chi connectivity index (χ4n) is 0.810. The van der Waals surface area contributed by atoms with E-state index < -0.39 is 15.3 Å². The third-order valence-electron chi connectivity index (χ3n) is 1.79. The van der Waals surface area contributed by atoms with Gasteiger partial charge in [-0.05, 0) is 32.9 Å². The van der Waals surface area contributed by atoms with Gasteiger partial charge in [-0.2, -0.15) is 0 Å². The van der Waals surface area contributed by atoms with Gasteiger partial charge in [-0.3, -0.25) is 9.71 Å². The Balaban J connectivity index is 2.85. The lowest BCUT2D eigenvalue weighted by molar-refractivity contribution is 0.592. The van der Waals surface area contributed by atoms with Gasteiger partial charge >= 0.3 is 0 Å². The topological polar surface area (TPSA) is 59.1 Å².